The molecular formula is C9H15NO2. The van der Waals surface area contributed by atoms with Gasteiger partial charge in [-0.2, -0.15) is 0 Å². The van der Waals surface area contributed by atoms with E-state index in [4.69, 9.17) is 5.11 Å². The maximum Gasteiger partial charge on any atom is 0.303 e. The average Bonchev–Trinajstić information content (AvgIpc) is 2.49. The van der Waals surface area contributed by atoms with E-state index in [2.05, 4.69) is 17.1 Å². The fourth-order valence-electron chi connectivity index (χ4n) is 1.32. The summed E-state index contributed by atoms with van der Waals surface area (Å²) < 4.78 is 0. The summed E-state index contributed by atoms with van der Waals surface area (Å²) in [5.41, 5.74) is 0. The molecule has 0 aromatic carbocycles. The zero-order valence-electron chi connectivity index (χ0n) is 7.20. The molecule has 1 aliphatic heterocycles. The van der Waals surface area contributed by atoms with Gasteiger partial charge < -0.3 is 5.11 Å². The number of unbranched alkanes of at least 4 members (excludes halogenated alkanes) is 1. The minimum absolute atomic E-state index is 0.307. The third-order valence-corrected chi connectivity index (χ3v) is 2.01. The first-order chi connectivity index (χ1) is 5.79. The quantitative estimate of drug-likeness (QED) is 0.495. The SMILES string of the molecule is O=C(O)CCCCN1CC=CC1. The molecule has 0 unspecified atom stereocenters. The molecule has 3 heteroatoms. The summed E-state index contributed by atoms with van der Waals surface area (Å²) in [7, 11) is 0. The highest BCUT2D eigenvalue weighted by atomic mass is 16.4. The van der Waals surface area contributed by atoms with Gasteiger partial charge in [0.15, 0.2) is 0 Å². The molecule has 0 atom stereocenters. The molecule has 0 saturated carbocycles. The van der Waals surface area contributed by atoms with Crippen LogP contribution in [0.2, 0.25) is 0 Å². The third-order valence-electron chi connectivity index (χ3n) is 2.01. The minimum atomic E-state index is -0.686. The van der Waals surface area contributed by atoms with Gasteiger partial charge in [0.05, 0.1) is 0 Å². The Morgan fingerprint density at radius 1 is 1.33 bits per heavy atom. The summed E-state index contributed by atoms with van der Waals surface area (Å²) >= 11 is 0. The zero-order chi connectivity index (χ0) is 8.81. The van der Waals surface area contributed by atoms with Gasteiger partial charge in [0, 0.05) is 19.5 Å². The Hall–Kier alpha value is -0.830. The maximum atomic E-state index is 10.2. The standard InChI is InChI=1S/C9H15NO2/c11-9(12)5-1-2-6-10-7-3-4-8-10/h3-4H,1-2,5-8H2,(H,11,12). The van der Waals surface area contributed by atoms with Gasteiger partial charge in [-0.05, 0) is 19.4 Å². The van der Waals surface area contributed by atoms with E-state index < -0.39 is 5.97 Å². The lowest BCUT2D eigenvalue weighted by molar-refractivity contribution is -0.137. The van der Waals surface area contributed by atoms with Crippen molar-refractivity contribution in [2.24, 2.45) is 0 Å². The van der Waals surface area contributed by atoms with Gasteiger partial charge in [-0.15, -0.1) is 0 Å². The van der Waals surface area contributed by atoms with Crippen LogP contribution in [0.5, 0.6) is 0 Å². The van der Waals surface area contributed by atoms with E-state index in [0.717, 1.165) is 32.5 Å². The van der Waals surface area contributed by atoms with Crippen LogP contribution in [0, 0.1) is 0 Å². The number of hydrogen-bond acceptors (Lipinski definition) is 2. The fourth-order valence-corrected chi connectivity index (χ4v) is 1.32. The highest BCUT2D eigenvalue weighted by molar-refractivity contribution is 5.66. The van der Waals surface area contributed by atoms with Crippen LogP contribution in [0.15, 0.2) is 12.2 Å². The van der Waals surface area contributed by atoms with Crippen molar-refractivity contribution in [1.29, 1.82) is 0 Å². The Bertz CT molecular complexity index is 169. The monoisotopic (exact) mass is 169 g/mol. The number of rotatable bonds is 5. The van der Waals surface area contributed by atoms with Crippen molar-refractivity contribution in [2.45, 2.75) is 19.3 Å². The number of aliphatic carboxylic acids is 1. The molecule has 0 aromatic rings. The predicted molar refractivity (Wildman–Crippen MR) is 47.1 cm³/mol. The van der Waals surface area contributed by atoms with Crippen LogP contribution in [-0.2, 0) is 4.79 Å². The Balaban J connectivity index is 1.92. The van der Waals surface area contributed by atoms with Gasteiger partial charge in [-0.3, -0.25) is 9.69 Å². The molecule has 0 spiro atoms. The first-order valence-corrected chi connectivity index (χ1v) is 4.38. The molecule has 0 bridgehead atoms. The molecule has 1 rings (SSSR count). The third kappa shape index (κ3) is 3.53. The molecule has 1 N–H and O–H groups in total. The van der Waals surface area contributed by atoms with Crippen molar-refractivity contribution < 1.29 is 9.90 Å². The van der Waals surface area contributed by atoms with Crippen molar-refractivity contribution in [2.75, 3.05) is 19.6 Å². The second kappa shape index (κ2) is 4.93. The molecule has 0 radical (unpaired) electrons. The second-order valence-corrected chi connectivity index (χ2v) is 3.08. The van der Waals surface area contributed by atoms with E-state index in [1.165, 1.54) is 0 Å². The van der Waals surface area contributed by atoms with Crippen LogP contribution >= 0.6 is 0 Å². The number of hydrogen-bond donors (Lipinski definition) is 1. The van der Waals surface area contributed by atoms with E-state index in [1.54, 1.807) is 0 Å². The Kier molecular flexibility index (Phi) is 3.80. The van der Waals surface area contributed by atoms with Crippen LogP contribution < -0.4 is 0 Å². The Labute approximate surface area is 72.7 Å². The fraction of sp³-hybridized carbons (Fsp3) is 0.667. The maximum absolute atomic E-state index is 10.2. The van der Waals surface area contributed by atoms with Crippen LogP contribution in [0.1, 0.15) is 19.3 Å². The first kappa shape index (κ1) is 9.26. The smallest absolute Gasteiger partial charge is 0.303 e. The summed E-state index contributed by atoms with van der Waals surface area (Å²) in [6.45, 7) is 3.10. The van der Waals surface area contributed by atoms with Crippen LogP contribution in [0.3, 0.4) is 0 Å². The lowest BCUT2D eigenvalue weighted by atomic mass is 10.2. The van der Waals surface area contributed by atoms with E-state index in [1.807, 2.05) is 0 Å². The van der Waals surface area contributed by atoms with E-state index in [-0.39, 0.29) is 0 Å². The number of carbonyl (C=O) groups is 1. The second-order valence-electron chi connectivity index (χ2n) is 3.08. The molecule has 68 valence electrons. The summed E-state index contributed by atoms with van der Waals surface area (Å²) in [5.74, 6) is -0.686. The van der Waals surface area contributed by atoms with Crippen LogP contribution in [0.4, 0.5) is 0 Å². The number of carboxylic acid groups (broad SMARTS) is 1. The molecule has 0 amide bonds. The molecule has 3 nitrogen and oxygen atoms in total. The van der Waals surface area contributed by atoms with Gasteiger partial charge in [0.25, 0.3) is 0 Å². The summed E-state index contributed by atoms with van der Waals surface area (Å²) in [4.78, 5) is 12.5. The highest BCUT2D eigenvalue weighted by Gasteiger charge is 2.05. The van der Waals surface area contributed by atoms with Gasteiger partial charge in [-0.25, -0.2) is 0 Å². The summed E-state index contributed by atoms with van der Waals surface area (Å²) in [6, 6.07) is 0. The topological polar surface area (TPSA) is 40.5 Å². The summed E-state index contributed by atoms with van der Waals surface area (Å²) in [5, 5.41) is 8.38. The van der Waals surface area contributed by atoms with E-state index in [9.17, 15) is 4.79 Å². The molecular weight excluding hydrogens is 154 g/mol. The van der Waals surface area contributed by atoms with Crippen molar-refractivity contribution in [3.05, 3.63) is 12.2 Å². The van der Waals surface area contributed by atoms with E-state index in [0.29, 0.717) is 6.42 Å². The Morgan fingerprint density at radius 3 is 2.58 bits per heavy atom. The molecule has 0 fully saturated rings. The van der Waals surface area contributed by atoms with Gasteiger partial charge >= 0.3 is 5.97 Å². The highest BCUT2D eigenvalue weighted by Crippen LogP contribution is 2.02. The van der Waals surface area contributed by atoms with Crippen LogP contribution in [-0.4, -0.2) is 35.6 Å². The van der Waals surface area contributed by atoms with Gasteiger partial charge in [0.1, 0.15) is 0 Å². The average molecular weight is 169 g/mol. The van der Waals surface area contributed by atoms with E-state index >= 15 is 0 Å². The largest absolute Gasteiger partial charge is 0.481 e. The normalized spacial score (nSPS) is 17.0. The van der Waals surface area contributed by atoms with Crippen LogP contribution in [0.25, 0.3) is 0 Å². The molecule has 12 heavy (non-hydrogen) atoms. The summed E-state index contributed by atoms with van der Waals surface area (Å²) in [6.07, 6.45) is 6.40. The number of carboxylic acids is 1. The predicted octanol–water partition coefficient (Wildman–Crippen LogP) is 1.11. The van der Waals surface area contributed by atoms with Gasteiger partial charge in [0.2, 0.25) is 0 Å². The molecule has 1 heterocycles. The van der Waals surface area contributed by atoms with Crippen molar-refractivity contribution in [3.8, 4) is 0 Å². The van der Waals surface area contributed by atoms with Crippen molar-refractivity contribution in [3.63, 3.8) is 0 Å². The molecule has 1 aliphatic rings. The molecule has 0 saturated heterocycles. The number of nitrogens with zero attached hydrogens (tertiary/aromatic N) is 1. The molecule has 0 aliphatic carbocycles. The lowest BCUT2D eigenvalue weighted by Crippen LogP contribution is -2.21. The lowest BCUT2D eigenvalue weighted by Gasteiger charge is -2.13. The van der Waals surface area contributed by atoms with Crippen molar-refractivity contribution in [1.82, 2.24) is 4.90 Å². The molecule has 0 aromatic heterocycles. The first-order valence-electron chi connectivity index (χ1n) is 4.38. The van der Waals surface area contributed by atoms with Gasteiger partial charge in [-0.1, -0.05) is 12.2 Å². The zero-order valence-corrected chi connectivity index (χ0v) is 7.20. The minimum Gasteiger partial charge on any atom is -0.481 e. The van der Waals surface area contributed by atoms with Crippen molar-refractivity contribution >= 4 is 5.97 Å². The Morgan fingerprint density at radius 2 is 2.00 bits per heavy atom.